The summed E-state index contributed by atoms with van der Waals surface area (Å²) >= 11 is 0. The summed E-state index contributed by atoms with van der Waals surface area (Å²) in [7, 11) is 2.05. The molecule has 0 aromatic heterocycles. The molecule has 0 bridgehead atoms. The normalized spacial score (nSPS) is 15.2. The molecule has 1 heterocycles. The maximum absolute atomic E-state index is 12.3. The van der Waals surface area contributed by atoms with Crippen molar-refractivity contribution in [2.24, 2.45) is 0 Å². The Balaban J connectivity index is 1.48. The Bertz CT molecular complexity index is 688. The van der Waals surface area contributed by atoms with Crippen LogP contribution >= 0.6 is 0 Å². The fourth-order valence-corrected chi connectivity index (χ4v) is 3.33. The Hall–Kier alpha value is -2.33. The van der Waals surface area contributed by atoms with Gasteiger partial charge < -0.3 is 15.1 Å². The van der Waals surface area contributed by atoms with Gasteiger partial charge in [-0.05, 0) is 44.0 Å². The third-order valence-corrected chi connectivity index (χ3v) is 4.71. The average Bonchev–Trinajstić information content (AvgIpc) is 3.12. The topological polar surface area (TPSA) is 36.8 Å². The average molecular weight is 338 g/mol. The lowest BCUT2D eigenvalue weighted by Gasteiger charge is -2.18. The SMILES string of the molecule is Cc1ccc(C[NH+](C)CC(=O)Nc2ccc(N3CCCC3)cc2)cc1. The first-order chi connectivity index (χ1) is 12.1. The van der Waals surface area contributed by atoms with E-state index in [-0.39, 0.29) is 5.91 Å². The molecule has 1 unspecified atom stereocenters. The van der Waals surface area contributed by atoms with Crippen LogP contribution in [0.25, 0.3) is 0 Å². The molecular formula is C21H28N3O+. The van der Waals surface area contributed by atoms with E-state index >= 15 is 0 Å². The lowest BCUT2D eigenvalue weighted by atomic mass is 10.1. The third kappa shape index (κ3) is 5.07. The number of likely N-dealkylation sites (N-methyl/N-ethyl adjacent to an activating group) is 1. The molecule has 0 spiro atoms. The van der Waals surface area contributed by atoms with Gasteiger partial charge in [-0.25, -0.2) is 0 Å². The lowest BCUT2D eigenvalue weighted by molar-refractivity contribution is -0.885. The minimum Gasteiger partial charge on any atom is -0.372 e. The number of hydrogen-bond donors (Lipinski definition) is 2. The maximum atomic E-state index is 12.3. The zero-order valence-electron chi connectivity index (χ0n) is 15.2. The van der Waals surface area contributed by atoms with Crippen LogP contribution in [0, 0.1) is 6.92 Å². The quantitative estimate of drug-likeness (QED) is 0.848. The summed E-state index contributed by atoms with van der Waals surface area (Å²) in [6.07, 6.45) is 2.54. The largest absolute Gasteiger partial charge is 0.372 e. The van der Waals surface area contributed by atoms with Crippen molar-refractivity contribution in [3.63, 3.8) is 0 Å². The smallest absolute Gasteiger partial charge is 0.279 e. The van der Waals surface area contributed by atoms with Gasteiger partial charge in [0.25, 0.3) is 5.91 Å². The summed E-state index contributed by atoms with van der Waals surface area (Å²) in [5.74, 6) is 0.0542. The van der Waals surface area contributed by atoms with Crippen molar-refractivity contribution >= 4 is 17.3 Å². The van der Waals surface area contributed by atoms with Crippen LogP contribution < -0.4 is 15.1 Å². The number of carbonyl (C=O) groups excluding carboxylic acids is 1. The van der Waals surface area contributed by atoms with Crippen molar-refractivity contribution in [3.05, 3.63) is 59.7 Å². The van der Waals surface area contributed by atoms with Gasteiger partial charge in [-0.2, -0.15) is 0 Å². The number of hydrogen-bond acceptors (Lipinski definition) is 2. The Morgan fingerprint density at radius 1 is 1.04 bits per heavy atom. The van der Waals surface area contributed by atoms with E-state index in [0.717, 1.165) is 25.3 Å². The molecule has 1 amide bonds. The van der Waals surface area contributed by atoms with E-state index in [1.807, 2.05) is 12.1 Å². The van der Waals surface area contributed by atoms with E-state index in [0.29, 0.717) is 6.54 Å². The highest BCUT2D eigenvalue weighted by Gasteiger charge is 2.13. The van der Waals surface area contributed by atoms with Crippen molar-refractivity contribution in [2.45, 2.75) is 26.3 Å². The molecule has 3 rings (SSSR count). The maximum Gasteiger partial charge on any atom is 0.279 e. The van der Waals surface area contributed by atoms with Crippen LogP contribution in [0.3, 0.4) is 0 Å². The van der Waals surface area contributed by atoms with E-state index in [1.165, 1.54) is 34.6 Å². The monoisotopic (exact) mass is 338 g/mol. The van der Waals surface area contributed by atoms with Gasteiger partial charge in [0.2, 0.25) is 0 Å². The second-order valence-corrected chi connectivity index (χ2v) is 7.09. The molecule has 1 atom stereocenters. The summed E-state index contributed by atoms with van der Waals surface area (Å²) < 4.78 is 0. The highest BCUT2D eigenvalue weighted by molar-refractivity contribution is 5.91. The first kappa shape index (κ1) is 17.5. The summed E-state index contributed by atoms with van der Waals surface area (Å²) in [6.45, 7) is 5.67. The second-order valence-electron chi connectivity index (χ2n) is 7.09. The summed E-state index contributed by atoms with van der Waals surface area (Å²) in [5, 5.41) is 3.01. The van der Waals surface area contributed by atoms with E-state index in [2.05, 4.69) is 60.6 Å². The van der Waals surface area contributed by atoms with Crippen LogP contribution in [-0.2, 0) is 11.3 Å². The predicted molar refractivity (Wildman–Crippen MR) is 103 cm³/mol. The Kier molecular flexibility index (Phi) is 5.71. The molecule has 4 nitrogen and oxygen atoms in total. The van der Waals surface area contributed by atoms with E-state index in [1.54, 1.807) is 0 Å². The minimum atomic E-state index is 0.0542. The van der Waals surface area contributed by atoms with Crippen LogP contribution in [-0.4, -0.2) is 32.6 Å². The fraction of sp³-hybridized carbons (Fsp3) is 0.381. The molecule has 1 aliphatic rings. The van der Waals surface area contributed by atoms with Gasteiger partial charge in [0.1, 0.15) is 6.54 Å². The van der Waals surface area contributed by atoms with E-state index < -0.39 is 0 Å². The first-order valence-electron chi connectivity index (χ1n) is 9.12. The molecule has 0 aliphatic carbocycles. The van der Waals surface area contributed by atoms with Gasteiger partial charge >= 0.3 is 0 Å². The van der Waals surface area contributed by atoms with Gasteiger partial charge in [-0.15, -0.1) is 0 Å². The third-order valence-electron chi connectivity index (χ3n) is 4.71. The minimum absolute atomic E-state index is 0.0542. The summed E-state index contributed by atoms with van der Waals surface area (Å²) in [4.78, 5) is 15.8. The van der Waals surface area contributed by atoms with Gasteiger partial charge in [0.05, 0.1) is 7.05 Å². The lowest BCUT2D eigenvalue weighted by Crippen LogP contribution is -3.08. The molecule has 1 aliphatic heterocycles. The Morgan fingerprint density at radius 2 is 1.68 bits per heavy atom. The zero-order valence-corrected chi connectivity index (χ0v) is 15.2. The van der Waals surface area contributed by atoms with Crippen molar-refractivity contribution in [3.8, 4) is 0 Å². The molecule has 0 radical (unpaired) electrons. The molecule has 1 fully saturated rings. The van der Waals surface area contributed by atoms with Crippen LogP contribution in [0.4, 0.5) is 11.4 Å². The van der Waals surface area contributed by atoms with Gasteiger partial charge in [0.15, 0.2) is 6.54 Å². The van der Waals surface area contributed by atoms with Crippen LogP contribution in [0.2, 0.25) is 0 Å². The van der Waals surface area contributed by atoms with Gasteiger partial charge in [-0.1, -0.05) is 29.8 Å². The molecule has 2 aromatic rings. The number of carbonyl (C=O) groups is 1. The first-order valence-corrected chi connectivity index (χ1v) is 9.12. The molecule has 2 aromatic carbocycles. The zero-order chi connectivity index (χ0) is 17.6. The van der Waals surface area contributed by atoms with Crippen LogP contribution in [0.5, 0.6) is 0 Å². The number of quaternary nitrogens is 1. The van der Waals surface area contributed by atoms with E-state index in [9.17, 15) is 4.79 Å². The Labute approximate surface area is 150 Å². The highest BCUT2D eigenvalue weighted by atomic mass is 16.2. The number of nitrogens with zero attached hydrogens (tertiary/aromatic N) is 1. The number of aryl methyl sites for hydroxylation is 1. The molecule has 1 saturated heterocycles. The summed E-state index contributed by atoms with van der Waals surface area (Å²) in [6, 6.07) is 16.7. The molecular weight excluding hydrogens is 310 g/mol. The number of anilines is 2. The van der Waals surface area contributed by atoms with Crippen molar-refractivity contribution in [1.82, 2.24) is 0 Å². The van der Waals surface area contributed by atoms with Crippen molar-refractivity contribution in [2.75, 3.05) is 36.9 Å². The molecule has 4 heteroatoms. The van der Waals surface area contributed by atoms with Crippen molar-refractivity contribution in [1.29, 1.82) is 0 Å². The highest BCUT2D eigenvalue weighted by Crippen LogP contribution is 2.21. The fourth-order valence-electron chi connectivity index (χ4n) is 3.33. The second kappa shape index (κ2) is 8.17. The number of amides is 1. The Morgan fingerprint density at radius 3 is 2.32 bits per heavy atom. The van der Waals surface area contributed by atoms with E-state index in [4.69, 9.17) is 0 Å². The molecule has 0 saturated carbocycles. The number of benzene rings is 2. The van der Waals surface area contributed by atoms with Gasteiger partial charge in [0, 0.05) is 30.0 Å². The van der Waals surface area contributed by atoms with Crippen molar-refractivity contribution < 1.29 is 9.69 Å². The number of rotatable bonds is 6. The molecule has 132 valence electrons. The summed E-state index contributed by atoms with van der Waals surface area (Å²) in [5.41, 5.74) is 4.64. The standard InChI is InChI=1S/C21H27N3O/c1-17-5-7-18(8-6-17)15-23(2)16-21(25)22-19-9-11-20(12-10-19)24-13-3-4-14-24/h5-12H,3-4,13-16H2,1-2H3,(H,22,25)/p+1. The predicted octanol–water partition coefficient (Wildman–Crippen LogP) is 2.25. The van der Waals surface area contributed by atoms with Crippen LogP contribution in [0.1, 0.15) is 24.0 Å². The van der Waals surface area contributed by atoms with Gasteiger partial charge in [-0.3, -0.25) is 4.79 Å². The number of nitrogens with one attached hydrogen (secondary N) is 2. The molecule has 2 N–H and O–H groups in total. The van der Waals surface area contributed by atoms with Crippen LogP contribution in [0.15, 0.2) is 48.5 Å². The molecule has 25 heavy (non-hydrogen) atoms.